The van der Waals surface area contributed by atoms with Crippen molar-refractivity contribution in [3.05, 3.63) is 83.6 Å². The maximum absolute atomic E-state index is 12.7. The number of allylic oxidation sites excluding steroid dienone is 1. The van der Waals surface area contributed by atoms with Gasteiger partial charge >= 0.3 is 0 Å². The molecule has 3 rings (SSSR count). The molecule has 3 aromatic rings. The lowest BCUT2D eigenvalue weighted by Crippen LogP contribution is -2.06. The zero-order valence-electron chi connectivity index (χ0n) is 11.9. The Morgan fingerprint density at radius 1 is 1.05 bits per heavy atom. The molecule has 4 heteroatoms. The van der Waals surface area contributed by atoms with Crippen molar-refractivity contribution >= 4 is 20.7 Å². The first-order valence-electron chi connectivity index (χ1n) is 6.87. The molecule has 3 nitrogen and oxygen atoms in total. The van der Waals surface area contributed by atoms with Crippen LogP contribution in [-0.2, 0) is 16.3 Å². The SMILES string of the molecule is C=C=C(Cc1c[nH]c2ccccc12)S(=O)(=O)c1ccccc1. The van der Waals surface area contributed by atoms with E-state index in [2.05, 4.69) is 17.3 Å². The number of nitrogens with one attached hydrogen (secondary N) is 1. The van der Waals surface area contributed by atoms with Crippen molar-refractivity contribution in [3.8, 4) is 0 Å². The predicted molar refractivity (Wildman–Crippen MR) is 88.3 cm³/mol. The van der Waals surface area contributed by atoms with Crippen LogP contribution in [-0.4, -0.2) is 13.4 Å². The molecular formula is C18H15NO2S. The molecule has 0 aliphatic heterocycles. The van der Waals surface area contributed by atoms with Crippen LogP contribution in [0.1, 0.15) is 5.56 Å². The van der Waals surface area contributed by atoms with Crippen molar-refractivity contribution in [2.75, 3.05) is 0 Å². The smallest absolute Gasteiger partial charge is 0.210 e. The molecule has 0 fully saturated rings. The van der Waals surface area contributed by atoms with E-state index in [4.69, 9.17) is 0 Å². The standard InChI is InChI=1S/C18H15NO2S/c1-2-15(22(20,21)16-8-4-3-5-9-16)12-14-13-19-18-11-7-6-10-17(14)18/h3-11,13,19H,1,12H2. The molecule has 0 aliphatic carbocycles. The summed E-state index contributed by atoms with van der Waals surface area (Å²) in [6.07, 6.45) is 2.10. The Bertz CT molecular complexity index is 963. The van der Waals surface area contributed by atoms with E-state index in [-0.39, 0.29) is 16.2 Å². The van der Waals surface area contributed by atoms with Gasteiger partial charge in [-0.3, -0.25) is 0 Å². The summed E-state index contributed by atoms with van der Waals surface area (Å²) < 4.78 is 25.4. The molecule has 0 atom stereocenters. The van der Waals surface area contributed by atoms with Gasteiger partial charge in [-0.05, 0) is 23.8 Å². The molecule has 0 amide bonds. The fraction of sp³-hybridized carbons (Fsp3) is 0.0556. The number of para-hydroxylation sites is 1. The molecule has 0 radical (unpaired) electrons. The van der Waals surface area contributed by atoms with Crippen LogP contribution in [0.2, 0.25) is 0 Å². The highest BCUT2D eigenvalue weighted by atomic mass is 32.2. The van der Waals surface area contributed by atoms with Gasteiger partial charge in [0.1, 0.15) is 0 Å². The zero-order chi connectivity index (χ0) is 15.6. The first-order chi connectivity index (χ1) is 10.6. The van der Waals surface area contributed by atoms with Crippen LogP contribution in [0.15, 0.2) is 82.9 Å². The highest BCUT2D eigenvalue weighted by Gasteiger charge is 2.21. The number of benzene rings is 2. The number of hydrogen-bond acceptors (Lipinski definition) is 2. The minimum Gasteiger partial charge on any atom is -0.361 e. The summed E-state index contributed by atoms with van der Waals surface area (Å²) in [5.41, 5.74) is 4.51. The van der Waals surface area contributed by atoms with Crippen LogP contribution in [0, 0.1) is 0 Å². The van der Waals surface area contributed by atoms with Crippen molar-refractivity contribution < 1.29 is 8.42 Å². The summed E-state index contributed by atoms with van der Waals surface area (Å²) in [5, 5.41) is 1.01. The van der Waals surface area contributed by atoms with Gasteiger partial charge in [0, 0.05) is 23.5 Å². The van der Waals surface area contributed by atoms with E-state index in [1.165, 1.54) is 0 Å². The van der Waals surface area contributed by atoms with Gasteiger partial charge in [0.05, 0.1) is 9.80 Å². The van der Waals surface area contributed by atoms with E-state index in [1.54, 1.807) is 30.3 Å². The van der Waals surface area contributed by atoms with Crippen molar-refractivity contribution in [3.63, 3.8) is 0 Å². The third-order valence-electron chi connectivity index (χ3n) is 3.60. The van der Waals surface area contributed by atoms with Crippen LogP contribution < -0.4 is 0 Å². The van der Waals surface area contributed by atoms with E-state index in [0.717, 1.165) is 16.5 Å². The van der Waals surface area contributed by atoms with Gasteiger partial charge in [0.25, 0.3) is 0 Å². The van der Waals surface area contributed by atoms with Crippen LogP contribution in [0.4, 0.5) is 0 Å². The van der Waals surface area contributed by atoms with Crippen molar-refractivity contribution in [2.24, 2.45) is 0 Å². The number of fused-ring (bicyclic) bond motifs is 1. The second-order valence-electron chi connectivity index (χ2n) is 4.95. The van der Waals surface area contributed by atoms with Gasteiger partial charge in [-0.15, -0.1) is 5.73 Å². The highest BCUT2D eigenvalue weighted by Crippen LogP contribution is 2.25. The normalized spacial score (nSPS) is 11.3. The minimum absolute atomic E-state index is 0.184. The van der Waals surface area contributed by atoms with Gasteiger partial charge in [0.15, 0.2) is 0 Å². The van der Waals surface area contributed by atoms with Crippen LogP contribution in [0.3, 0.4) is 0 Å². The van der Waals surface area contributed by atoms with E-state index < -0.39 is 9.84 Å². The monoisotopic (exact) mass is 309 g/mol. The topological polar surface area (TPSA) is 49.9 Å². The molecule has 1 N–H and O–H groups in total. The number of hydrogen-bond donors (Lipinski definition) is 1. The first kappa shape index (κ1) is 14.4. The lowest BCUT2D eigenvalue weighted by molar-refractivity contribution is 0.601. The van der Waals surface area contributed by atoms with Crippen LogP contribution in [0.5, 0.6) is 0 Å². The second-order valence-corrected chi connectivity index (χ2v) is 6.92. The quantitative estimate of drug-likeness (QED) is 0.744. The van der Waals surface area contributed by atoms with Crippen molar-refractivity contribution in [1.82, 2.24) is 4.98 Å². The van der Waals surface area contributed by atoms with Crippen LogP contribution in [0.25, 0.3) is 10.9 Å². The largest absolute Gasteiger partial charge is 0.361 e. The molecule has 0 aliphatic rings. The molecule has 0 unspecified atom stereocenters. The Balaban J connectivity index is 2.02. The van der Waals surface area contributed by atoms with Gasteiger partial charge in [0.2, 0.25) is 9.84 Å². The molecule has 1 aromatic heterocycles. The Hall–Kier alpha value is -2.55. The van der Waals surface area contributed by atoms with Crippen molar-refractivity contribution in [2.45, 2.75) is 11.3 Å². The number of aromatic nitrogens is 1. The number of H-pyrrole nitrogens is 1. The van der Waals surface area contributed by atoms with Crippen LogP contribution >= 0.6 is 0 Å². The average molecular weight is 309 g/mol. The van der Waals surface area contributed by atoms with E-state index in [1.807, 2.05) is 30.5 Å². The van der Waals surface area contributed by atoms with E-state index >= 15 is 0 Å². The highest BCUT2D eigenvalue weighted by molar-refractivity contribution is 7.95. The first-order valence-corrected chi connectivity index (χ1v) is 8.35. The molecule has 0 spiro atoms. The van der Waals surface area contributed by atoms with E-state index in [0.29, 0.717) is 0 Å². The Labute approximate surface area is 129 Å². The third-order valence-corrected chi connectivity index (χ3v) is 5.43. The summed E-state index contributed by atoms with van der Waals surface area (Å²) in [6.45, 7) is 3.56. The molecular weight excluding hydrogens is 294 g/mol. The summed E-state index contributed by atoms with van der Waals surface area (Å²) in [7, 11) is -3.57. The van der Waals surface area contributed by atoms with Gasteiger partial charge < -0.3 is 4.98 Å². The Kier molecular flexibility index (Phi) is 3.72. The zero-order valence-corrected chi connectivity index (χ0v) is 12.7. The fourth-order valence-corrected chi connectivity index (χ4v) is 3.78. The number of aromatic amines is 1. The van der Waals surface area contributed by atoms with Gasteiger partial charge in [-0.25, -0.2) is 8.42 Å². The molecule has 0 saturated carbocycles. The predicted octanol–water partition coefficient (Wildman–Crippen LogP) is 3.85. The lowest BCUT2D eigenvalue weighted by Gasteiger charge is -2.06. The average Bonchev–Trinajstić information content (AvgIpc) is 2.96. The Morgan fingerprint density at radius 2 is 1.73 bits per heavy atom. The maximum Gasteiger partial charge on any atom is 0.210 e. The molecule has 0 saturated heterocycles. The summed E-state index contributed by atoms with van der Waals surface area (Å²) in [6, 6.07) is 16.2. The molecule has 110 valence electrons. The Morgan fingerprint density at radius 3 is 2.45 bits per heavy atom. The molecule has 1 heterocycles. The maximum atomic E-state index is 12.7. The second kappa shape index (κ2) is 5.68. The fourth-order valence-electron chi connectivity index (χ4n) is 2.45. The summed E-state index contributed by atoms with van der Waals surface area (Å²) in [4.78, 5) is 3.60. The minimum atomic E-state index is -3.57. The van der Waals surface area contributed by atoms with E-state index in [9.17, 15) is 8.42 Å². The number of rotatable bonds is 4. The third kappa shape index (κ3) is 2.50. The summed E-state index contributed by atoms with van der Waals surface area (Å²) >= 11 is 0. The molecule has 0 bridgehead atoms. The number of sulfone groups is 1. The molecule has 22 heavy (non-hydrogen) atoms. The summed E-state index contributed by atoms with van der Waals surface area (Å²) in [5.74, 6) is 0. The molecule has 2 aromatic carbocycles. The van der Waals surface area contributed by atoms with Gasteiger partial charge in [-0.1, -0.05) is 43.0 Å². The van der Waals surface area contributed by atoms with Crippen molar-refractivity contribution in [1.29, 1.82) is 0 Å². The lowest BCUT2D eigenvalue weighted by atomic mass is 10.1. The van der Waals surface area contributed by atoms with Gasteiger partial charge in [-0.2, -0.15) is 0 Å².